The van der Waals surface area contributed by atoms with Gasteiger partial charge in [-0.15, -0.1) is 0 Å². The van der Waals surface area contributed by atoms with Gasteiger partial charge in [-0.25, -0.2) is 0 Å². The predicted octanol–water partition coefficient (Wildman–Crippen LogP) is 15.3. The monoisotopic (exact) mass is 902 g/mol. The molecule has 0 N–H and O–H groups in total. The fourth-order valence-corrected chi connectivity index (χ4v) is 12.2. The molecule has 0 fully saturated rings. The molecule has 2 aromatic heterocycles. The van der Waals surface area contributed by atoms with Crippen molar-refractivity contribution in [2.75, 3.05) is 9.80 Å². The molecule has 0 spiro atoms. The van der Waals surface area contributed by atoms with Crippen LogP contribution in [0.1, 0.15) is 0 Å². The third kappa shape index (κ3) is 5.87. The second kappa shape index (κ2) is 15.6. The molecule has 4 heterocycles. The number of anilines is 6. The van der Waals surface area contributed by atoms with Crippen LogP contribution in [0, 0.1) is 0 Å². The Morgan fingerprint density at radius 2 is 0.592 bits per heavy atom. The van der Waals surface area contributed by atoms with E-state index in [-0.39, 0.29) is 6.71 Å². The molecule has 0 amide bonds. The second-order valence-electron chi connectivity index (χ2n) is 18.8. The maximum absolute atomic E-state index is 2.50. The van der Waals surface area contributed by atoms with Crippen LogP contribution < -0.4 is 26.2 Å². The summed E-state index contributed by atoms with van der Waals surface area (Å²) in [4.78, 5) is 5.00. The van der Waals surface area contributed by atoms with Gasteiger partial charge >= 0.3 is 0 Å². The van der Waals surface area contributed by atoms with Gasteiger partial charge in [-0.2, -0.15) is 0 Å². The molecule has 0 radical (unpaired) electrons. The molecule has 4 nitrogen and oxygen atoms in total. The largest absolute Gasteiger partial charge is 0.311 e. The van der Waals surface area contributed by atoms with Gasteiger partial charge < -0.3 is 18.9 Å². The van der Waals surface area contributed by atoms with Gasteiger partial charge in [-0.1, -0.05) is 176 Å². The highest BCUT2D eigenvalue weighted by molar-refractivity contribution is 7.00. The molecule has 0 saturated carbocycles. The molecule has 0 saturated heterocycles. The summed E-state index contributed by atoms with van der Waals surface area (Å²) in [5.74, 6) is 0. The molecule has 15 rings (SSSR count). The van der Waals surface area contributed by atoms with Gasteiger partial charge in [0.25, 0.3) is 6.71 Å². The van der Waals surface area contributed by atoms with Crippen LogP contribution >= 0.6 is 0 Å². The van der Waals surface area contributed by atoms with E-state index in [2.05, 4.69) is 280 Å². The van der Waals surface area contributed by atoms with Crippen LogP contribution in [-0.2, 0) is 0 Å². The van der Waals surface area contributed by atoms with E-state index in [1.165, 1.54) is 105 Å². The van der Waals surface area contributed by atoms with Crippen molar-refractivity contribution in [3.63, 3.8) is 0 Å². The predicted molar refractivity (Wildman–Crippen MR) is 300 cm³/mol. The zero-order chi connectivity index (χ0) is 46.6. The molecule has 0 aliphatic carbocycles. The number of rotatable bonds is 6. The highest BCUT2D eigenvalue weighted by atomic mass is 15.2. The number of aromatic nitrogens is 2. The molecular weight excluding hydrogens is 860 g/mol. The van der Waals surface area contributed by atoms with Crippen LogP contribution in [0.5, 0.6) is 0 Å². The van der Waals surface area contributed by atoms with Crippen LogP contribution in [0.4, 0.5) is 34.1 Å². The third-order valence-corrected chi connectivity index (χ3v) is 15.1. The van der Waals surface area contributed by atoms with Gasteiger partial charge in [-0.05, 0) is 112 Å². The lowest BCUT2D eigenvalue weighted by molar-refractivity contribution is 1.18. The van der Waals surface area contributed by atoms with Gasteiger partial charge in [0.2, 0.25) is 0 Å². The van der Waals surface area contributed by atoms with Crippen molar-refractivity contribution >= 4 is 101 Å². The van der Waals surface area contributed by atoms with Crippen molar-refractivity contribution in [2.24, 2.45) is 0 Å². The molecule has 0 atom stereocenters. The minimum atomic E-state index is -0.0330. The Morgan fingerprint density at radius 3 is 1.00 bits per heavy atom. The van der Waals surface area contributed by atoms with E-state index in [1.54, 1.807) is 0 Å². The Kier molecular flexibility index (Phi) is 8.72. The van der Waals surface area contributed by atoms with E-state index in [9.17, 15) is 0 Å². The highest BCUT2D eigenvalue weighted by Crippen LogP contribution is 2.47. The fraction of sp³-hybridized carbons (Fsp3) is 0. The third-order valence-electron chi connectivity index (χ3n) is 15.1. The first-order valence-corrected chi connectivity index (χ1v) is 24.6. The maximum atomic E-state index is 2.50. The Labute approximate surface area is 412 Å². The number of fused-ring (bicyclic) bond motifs is 10. The zero-order valence-corrected chi connectivity index (χ0v) is 38.7. The summed E-state index contributed by atoms with van der Waals surface area (Å²) >= 11 is 0. The fourth-order valence-electron chi connectivity index (χ4n) is 12.2. The molecule has 0 unspecified atom stereocenters. The quantitative estimate of drug-likeness (QED) is 0.155. The first-order valence-electron chi connectivity index (χ1n) is 24.6. The van der Waals surface area contributed by atoms with Crippen LogP contribution in [0.15, 0.2) is 261 Å². The number of hydrogen-bond acceptors (Lipinski definition) is 2. The second-order valence-corrected chi connectivity index (χ2v) is 18.8. The summed E-state index contributed by atoms with van der Waals surface area (Å²) in [7, 11) is 0. The standard InChI is InChI=1S/C66H43BN4/c1-3-20-46(21-4-1)68-62-36-19-37-63-66(62)67(54-40-38-44(42-64(54)68)48-24-7-13-30-56(48)70-58-32-15-9-26-50(58)51-27-10-16-33-59(51)70)55-41-39-45(43-65(55)69(63)47-22-5-2-6-23-47)49-25-8-14-31-57(49)71-60-34-17-11-28-52(60)53-29-12-18-35-61(53)71/h1-43H. The molecule has 5 heteroatoms. The Bertz CT molecular complexity index is 3890. The van der Waals surface area contributed by atoms with E-state index in [0.29, 0.717) is 0 Å². The summed E-state index contributed by atoms with van der Waals surface area (Å²) in [5.41, 5.74) is 22.7. The van der Waals surface area contributed by atoms with Crippen molar-refractivity contribution in [1.82, 2.24) is 9.13 Å². The van der Waals surface area contributed by atoms with Crippen molar-refractivity contribution in [2.45, 2.75) is 0 Å². The smallest absolute Gasteiger partial charge is 0.252 e. The number of para-hydroxylation sites is 8. The van der Waals surface area contributed by atoms with Crippen molar-refractivity contribution < 1.29 is 0 Å². The summed E-state index contributed by atoms with van der Waals surface area (Å²) in [6, 6.07) is 96.1. The van der Waals surface area contributed by atoms with E-state index >= 15 is 0 Å². The molecule has 0 bridgehead atoms. The van der Waals surface area contributed by atoms with Gasteiger partial charge in [0.1, 0.15) is 0 Å². The molecule has 2 aliphatic heterocycles. The average molecular weight is 903 g/mol. The lowest BCUT2D eigenvalue weighted by Gasteiger charge is -2.44. The molecule has 2 aliphatic rings. The average Bonchev–Trinajstić information content (AvgIpc) is 3.96. The van der Waals surface area contributed by atoms with E-state index in [4.69, 9.17) is 0 Å². The zero-order valence-electron chi connectivity index (χ0n) is 38.7. The van der Waals surface area contributed by atoms with Crippen molar-refractivity contribution in [3.05, 3.63) is 261 Å². The minimum absolute atomic E-state index is 0.0330. The number of hydrogen-bond donors (Lipinski definition) is 0. The van der Waals surface area contributed by atoms with E-state index in [0.717, 1.165) is 22.7 Å². The lowest BCUT2D eigenvalue weighted by Crippen LogP contribution is -2.61. The normalized spacial score (nSPS) is 12.7. The number of nitrogens with zero attached hydrogens (tertiary/aromatic N) is 4. The van der Waals surface area contributed by atoms with Gasteiger partial charge in [0.15, 0.2) is 0 Å². The summed E-state index contributed by atoms with van der Waals surface area (Å²) in [6.45, 7) is -0.0330. The van der Waals surface area contributed by atoms with E-state index < -0.39 is 0 Å². The summed E-state index contributed by atoms with van der Waals surface area (Å²) in [6.07, 6.45) is 0. The molecule has 330 valence electrons. The lowest BCUT2D eigenvalue weighted by atomic mass is 9.33. The number of benzene rings is 11. The van der Waals surface area contributed by atoms with Gasteiger partial charge in [0.05, 0.1) is 33.4 Å². The highest BCUT2D eigenvalue weighted by Gasteiger charge is 2.43. The first-order chi connectivity index (χ1) is 35.3. The summed E-state index contributed by atoms with van der Waals surface area (Å²) < 4.78 is 4.89. The Hall–Kier alpha value is -9.32. The minimum Gasteiger partial charge on any atom is -0.311 e. The van der Waals surface area contributed by atoms with Crippen LogP contribution in [-0.4, -0.2) is 15.8 Å². The van der Waals surface area contributed by atoms with Crippen LogP contribution in [0.2, 0.25) is 0 Å². The maximum Gasteiger partial charge on any atom is 0.252 e. The van der Waals surface area contributed by atoms with Crippen molar-refractivity contribution in [1.29, 1.82) is 0 Å². The first kappa shape index (κ1) is 39.7. The van der Waals surface area contributed by atoms with Crippen LogP contribution in [0.25, 0.3) is 77.2 Å². The molecule has 71 heavy (non-hydrogen) atoms. The van der Waals surface area contributed by atoms with Gasteiger partial charge in [0, 0.05) is 66.8 Å². The topological polar surface area (TPSA) is 16.3 Å². The van der Waals surface area contributed by atoms with Gasteiger partial charge in [-0.3, -0.25) is 0 Å². The Morgan fingerprint density at radius 1 is 0.254 bits per heavy atom. The van der Waals surface area contributed by atoms with Crippen LogP contribution in [0.3, 0.4) is 0 Å². The summed E-state index contributed by atoms with van der Waals surface area (Å²) in [5, 5.41) is 5.02. The van der Waals surface area contributed by atoms with Crippen molar-refractivity contribution in [3.8, 4) is 33.6 Å². The Balaban J connectivity index is 0.960. The SMILES string of the molecule is c1ccc(N2c3cc(-c4ccccc4-n4c5ccccc5c5ccccc54)ccc3B3c4ccc(-c5ccccc5-n5c6ccccc6c6ccccc65)cc4N(c4ccccc4)c4cccc2c43)cc1. The molecule has 11 aromatic carbocycles. The molecular formula is C66H43BN4. The molecule has 13 aromatic rings. The van der Waals surface area contributed by atoms with E-state index in [1.807, 2.05) is 0 Å².